The molecule has 0 aliphatic rings. The van der Waals surface area contributed by atoms with Gasteiger partial charge in [-0.15, -0.1) is 11.3 Å². The van der Waals surface area contributed by atoms with Gasteiger partial charge in [0.15, 0.2) is 0 Å². The van der Waals surface area contributed by atoms with Gasteiger partial charge in [0.05, 0.1) is 27.5 Å². The van der Waals surface area contributed by atoms with Crippen LogP contribution in [0.25, 0.3) is 21.5 Å². The Balaban J connectivity index is 2.24. The summed E-state index contributed by atoms with van der Waals surface area (Å²) in [6.07, 6.45) is 0. The minimum atomic E-state index is -0.385. The Kier molecular flexibility index (Phi) is 2.16. The van der Waals surface area contributed by atoms with Crippen LogP contribution in [0.5, 0.6) is 0 Å². The maximum atomic E-state index is 13.3. The van der Waals surface area contributed by atoms with Gasteiger partial charge in [0, 0.05) is 10.9 Å². The van der Waals surface area contributed by atoms with E-state index in [0.717, 1.165) is 27.2 Å². The second-order valence-corrected chi connectivity index (χ2v) is 4.77. The van der Waals surface area contributed by atoms with Gasteiger partial charge in [-0.1, -0.05) is 0 Å². The third-order valence-electron chi connectivity index (χ3n) is 2.73. The molecule has 1 aromatic carbocycles. The summed E-state index contributed by atoms with van der Waals surface area (Å²) in [6.45, 7) is 1.95. The number of nitrogens with zero attached hydrogens (tertiary/aromatic N) is 1. The highest BCUT2D eigenvalue weighted by Crippen LogP contribution is 2.30. The van der Waals surface area contributed by atoms with Gasteiger partial charge in [-0.2, -0.15) is 0 Å². The second kappa shape index (κ2) is 3.56. The number of nitrogens with one attached hydrogen (secondary N) is 1. The van der Waals surface area contributed by atoms with Crippen LogP contribution >= 0.6 is 11.3 Å². The molecule has 0 aliphatic heterocycles. The first kappa shape index (κ1) is 10.3. The van der Waals surface area contributed by atoms with E-state index in [2.05, 4.69) is 9.97 Å². The van der Waals surface area contributed by atoms with Crippen LogP contribution in [0.3, 0.4) is 0 Å². The predicted octanol–water partition coefficient (Wildman–Crippen LogP) is 3.32. The lowest BCUT2D eigenvalue weighted by molar-refractivity contribution is 0.634. The summed E-state index contributed by atoms with van der Waals surface area (Å²) < 4.78 is 13.3. The van der Waals surface area contributed by atoms with Crippen molar-refractivity contribution in [1.82, 2.24) is 9.97 Å². The molecule has 5 heteroatoms. The summed E-state index contributed by atoms with van der Waals surface area (Å²) in [7, 11) is 0. The first-order valence-electron chi connectivity index (χ1n) is 5.13. The molecule has 2 aromatic heterocycles. The first-order valence-corrected chi connectivity index (χ1v) is 6.01. The number of anilines is 1. The van der Waals surface area contributed by atoms with Crippen LogP contribution in [0.15, 0.2) is 23.7 Å². The fourth-order valence-corrected chi connectivity index (χ4v) is 2.63. The smallest absolute Gasteiger partial charge is 0.146 e. The molecule has 3 N–H and O–H groups in total. The minimum absolute atomic E-state index is 0.159. The summed E-state index contributed by atoms with van der Waals surface area (Å²) in [5.41, 5.74) is 10.3. The lowest BCUT2D eigenvalue weighted by Gasteiger charge is -1.95. The lowest BCUT2D eigenvalue weighted by atomic mass is 10.2. The van der Waals surface area contributed by atoms with Crippen LogP contribution in [0, 0.1) is 12.7 Å². The summed E-state index contributed by atoms with van der Waals surface area (Å²) in [6, 6.07) is 4.98. The van der Waals surface area contributed by atoms with E-state index in [0.29, 0.717) is 0 Å². The second-order valence-electron chi connectivity index (χ2n) is 3.91. The van der Waals surface area contributed by atoms with Crippen molar-refractivity contribution >= 4 is 27.9 Å². The highest BCUT2D eigenvalue weighted by Gasteiger charge is 2.10. The highest BCUT2D eigenvalue weighted by atomic mass is 32.1. The van der Waals surface area contributed by atoms with Gasteiger partial charge < -0.3 is 10.7 Å². The Labute approximate surface area is 101 Å². The van der Waals surface area contributed by atoms with Gasteiger partial charge >= 0.3 is 0 Å². The van der Waals surface area contributed by atoms with Crippen molar-refractivity contribution in [3.05, 3.63) is 35.2 Å². The number of hydrogen-bond acceptors (Lipinski definition) is 3. The van der Waals surface area contributed by atoms with E-state index < -0.39 is 0 Å². The van der Waals surface area contributed by atoms with Gasteiger partial charge in [0.25, 0.3) is 0 Å². The Hall–Kier alpha value is -1.88. The number of thiazole rings is 1. The van der Waals surface area contributed by atoms with E-state index in [-0.39, 0.29) is 11.5 Å². The topological polar surface area (TPSA) is 54.7 Å². The molecule has 17 heavy (non-hydrogen) atoms. The van der Waals surface area contributed by atoms with E-state index in [4.69, 9.17) is 5.73 Å². The molecule has 3 aromatic rings. The number of rotatable bonds is 1. The quantitative estimate of drug-likeness (QED) is 0.648. The number of aryl methyl sites for hydroxylation is 1. The molecule has 2 heterocycles. The molecular weight excluding hydrogens is 237 g/mol. The van der Waals surface area contributed by atoms with Crippen LogP contribution in [-0.4, -0.2) is 9.97 Å². The summed E-state index contributed by atoms with van der Waals surface area (Å²) in [5.74, 6) is -0.385. The fourth-order valence-electron chi connectivity index (χ4n) is 1.85. The Morgan fingerprint density at radius 2 is 2.18 bits per heavy atom. The molecule has 0 saturated heterocycles. The molecule has 3 rings (SSSR count). The van der Waals surface area contributed by atoms with Crippen LogP contribution in [0.4, 0.5) is 10.1 Å². The average molecular weight is 247 g/mol. The molecule has 0 saturated carbocycles. The van der Waals surface area contributed by atoms with Gasteiger partial charge in [-0.25, -0.2) is 9.37 Å². The van der Waals surface area contributed by atoms with E-state index in [1.807, 2.05) is 13.0 Å². The van der Waals surface area contributed by atoms with Crippen LogP contribution in [-0.2, 0) is 0 Å². The van der Waals surface area contributed by atoms with Crippen LogP contribution < -0.4 is 5.73 Å². The molecule has 3 nitrogen and oxygen atoms in total. The number of halogens is 1. The third-order valence-corrected chi connectivity index (χ3v) is 3.69. The van der Waals surface area contributed by atoms with Crippen molar-refractivity contribution in [3.8, 4) is 10.6 Å². The number of benzene rings is 1. The zero-order valence-electron chi connectivity index (χ0n) is 9.12. The number of nitrogens with two attached hydrogens (primary N) is 1. The van der Waals surface area contributed by atoms with Crippen molar-refractivity contribution in [2.45, 2.75) is 6.92 Å². The predicted molar refractivity (Wildman–Crippen MR) is 68.5 cm³/mol. The number of H-pyrrole nitrogens is 1. The molecule has 0 atom stereocenters. The van der Waals surface area contributed by atoms with E-state index >= 15 is 0 Å². The molecule has 0 radical (unpaired) electrons. The normalized spacial score (nSPS) is 11.2. The number of fused-ring (bicyclic) bond motifs is 1. The van der Waals surface area contributed by atoms with Crippen molar-refractivity contribution in [2.75, 3.05) is 5.73 Å². The fraction of sp³-hybridized carbons (Fsp3) is 0.0833. The summed E-state index contributed by atoms with van der Waals surface area (Å²) >= 11 is 1.56. The van der Waals surface area contributed by atoms with E-state index in [9.17, 15) is 4.39 Å². The Morgan fingerprint density at radius 1 is 1.35 bits per heavy atom. The monoisotopic (exact) mass is 247 g/mol. The third kappa shape index (κ3) is 1.59. The Morgan fingerprint density at radius 3 is 2.88 bits per heavy atom. The van der Waals surface area contributed by atoms with E-state index in [1.54, 1.807) is 22.9 Å². The number of hydrogen-bond donors (Lipinski definition) is 2. The average Bonchev–Trinajstić information content (AvgIpc) is 2.85. The van der Waals surface area contributed by atoms with Crippen molar-refractivity contribution in [2.24, 2.45) is 0 Å². The zero-order chi connectivity index (χ0) is 12.0. The molecule has 0 fully saturated rings. The van der Waals surface area contributed by atoms with Gasteiger partial charge in [0.1, 0.15) is 5.82 Å². The number of nitrogen functional groups attached to an aromatic ring is 1. The Bertz CT molecular complexity index is 660. The molecule has 86 valence electrons. The molecule has 0 unspecified atom stereocenters. The van der Waals surface area contributed by atoms with Crippen LogP contribution in [0.1, 0.15) is 5.69 Å². The minimum Gasteiger partial charge on any atom is -0.396 e. The number of aromatic amines is 1. The molecule has 0 amide bonds. The molecule has 0 bridgehead atoms. The SMILES string of the molecule is Cc1ncsc1-c1cc2cc(F)c(N)cc2[nH]1. The molecular formula is C12H10FN3S. The van der Waals surface area contributed by atoms with Crippen LogP contribution in [0.2, 0.25) is 0 Å². The van der Waals surface area contributed by atoms with Crippen molar-refractivity contribution in [1.29, 1.82) is 0 Å². The lowest BCUT2D eigenvalue weighted by Crippen LogP contribution is -1.89. The largest absolute Gasteiger partial charge is 0.396 e. The number of aromatic nitrogens is 2. The van der Waals surface area contributed by atoms with Gasteiger partial charge in [-0.3, -0.25) is 0 Å². The van der Waals surface area contributed by atoms with E-state index in [1.165, 1.54) is 6.07 Å². The zero-order valence-corrected chi connectivity index (χ0v) is 9.94. The maximum absolute atomic E-state index is 13.3. The van der Waals surface area contributed by atoms with Crippen molar-refractivity contribution < 1.29 is 4.39 Å². The molecule has 0 spiro atoms. The highest BCUT2D eigenvalue weighted by molar-refractivity contribution is 7.13. The molecule has 0 aliphatic carbocycles. The standard InChI is InChI=1S/C12H10FN3S/c1-6-12(17-5-15-6)11-3-7-2-8(13)9(14)4-10(7)16-11/h2-5,16H,14H2,1H3. The van der Waals surface area contributed by atoms with Gasteiger partial charge in [0.2, 0.25) is 0 Å². The summed E-state index contributed by atoms with van der Waals surface area (Å²) in [5, 5.41) is 0.819. The van der Waals surface area contributed by atoms with Gasteiger partial charge in [-0.05, 0) is 25.1 Å². The first-order chi connectivity index (χ1) is 8.15. The van der Waals surface area contributed by atoms with Crippen molar-refractivity contribution in [3.63, 3.8) is 0 Å². The maximum Gasteiger partial charge on any atom is 0.146 e. The summed E-state index contributed by atoms with van der Waals surface area (Å²) in [4.78, 5) is 8.50.